The molecule has 0 spiro atoms. The third-order valence-corrected chi connectivity index (χ3v) is 4.18. The van der Waals surface area contributed by atoms with Crippen LogP contribution in [0.5, 0.6) is 11.5 Å². The molecule has 2 aromatic carbocycles. The van der Waals surface area contributed by atoms with Crippen molar-refractivity contribution >= 4 is 26.9 Å². The normalized spacial score (nSPS) is 10.8. The van der Waals surface area contributed by atoms with Crippen molar-refractivity contribution in [2.45, 2.75) is 6.92 Å². The molecule has 0 aliphatic carbocycles. The number of hydrogen-bond acceptors (Lipinski definition) is 4. The van der Waals surface area contributed by atoms with E-state index in [1.54, 1.807) is 32.4 Å². The van der Waals surface area contributed by atoms with Gasteiger partial charge in [0.2, 0.25) is 0 Å². The molecule has 0 amide bonds. The Kier molecular flexibility index (Phi) is 4.13. The highest BCUT2D eigenvalue weighted by Gasteiger charge is 2.12. The van der Waals surface area contributed by atoms with Crippen LogP contribution < -0.4 is 15.1 Å². The molecule has 0 N–H and O–H groups in total. The van der Waals surface area contributed by atoms with Crippen molar-refractivity contribution in [2.24, 2.45) is 0 Å². The molecule has 0 unspecified atom stereocenters. The topological polar surface area (TPSA) is 48.7 Å². The maximum absolute atomic E-state index is 12.4. The van der Waals surface area contributed by atoms with Crippen molar-refractivity contribution < 1.29 is 13.9 Å². The molecular weight excluding hydrogens is 360 g/mol. The summed E-state index contributed by atoms with van der Waals surface area (Å²) in [4.78, 5) is 12.4. The highest BCUT2D eigenvalue weighted by molar-refractivity contribution is 9.10. The van der Waals surface area contributed by atoms with E-state index in [9.17, 15) is 4.79 Å². The average Bonchev–Trinajstić information content (AvgIpc) is 2.54. The van der Waals surface area contributed by atoms with Gasteiger partial charge >= 0.3 is 5.63 Å². The lowest BCUT2D eigenvalue weighted by Crippen LogP contribution is -2.03. The number of aryl methyl sites for hydroxylation is 1. The van der Waals surface area contributed by atoms with Crippen LogP contribution in [0.25, 0.3) is 22.1 Å². The van der Waals surface area contributed by atoms with Gasteiger partial charge in [-0.15, -0.1) is 0 Å². The van der Waals surface area contributed by atoms with Gasteiger partial charge in [-0.2, -0.15) is 0 Å². The quantitative estimate of drug-likeness (QED) is 0.631. The SMILES string of the molecule is COc1cc(OC)cc(-c2cc3cc(C)cc(Br)c3oc2=O)c1. The number of benzene rings is 2. The lowest BCUT2D eigenvalue weighted by atomic mass is 10.0. The molecule has 23 heavy (non-hydrogen) atoms. The van der Waals surface area contributed by atoms with E-state index in [1.807, 2.05) is 25.1 Å². The number of ether oxygens (including phenoxy) is 2. The third-order valence-electron chi connectivity index (χ3n) is 3.59. The summed E-state index contributed by atoms with van der Waals surface area (Å²) in [5.41, 5.74) is 2.37. The van der Waals surface area contributed by atoms with E-state index in [-0.39, 0.29) is 0 Å². The predicted molar refractivity (Wildman–Crippen MR) is 93.5 cm³/mol. The van der Waals surface area contributed by atoms with Crippen LogP contribution in [0.15, 0.2) is 50.1 Å². The van der Waals surface area contributed by atoms with Gasteiger partial charge in [-0.3, -0.25) is 0 Å². The second-order valence-electron chi connectivity index (χ2n) is 5.21. The number of halogens is 1. The fourth-order valence-electron chi connectivity index (χ4n) is 2.50. The summed E-state index contributed by atoms with van der Waals surface area (Å²) in [6.45, 7) is 1.99. The van der Waals surface area contributed by atoms with Gasteiger partial charge < -0.3 is 13.9 Å². The maximum Gasteiger partial charge on any atom is 0.344 e. The largest absolute Gasteiger partial charge is 0.497 e. The molecule has 0 aliphatic heterocycles. The number of hydrogen-bond donors (Lipinski definition) is 0. The van der Waals surface area contributed by atoms with Crippen LogP contribution in [-0.2, 0) is 0 Å². The first-order valence-corrected chi connectivity index (χ1v) is 7.78. The van der Waals surface area contributed by atoms with Crippen molar-refractivity contribution in [3.63, 3.8) is 0 Å². The van der Waals surface area contributed by atoms with Gasteiger partial charge in [-0.05, 0) is 64.3 Å². The first-order valence-electron chi connectivity index (χ1n) is 6.99. The Morgan fingerprint density at radius 3 is 2.22 bits per heavy atom. The van der Waals surface area contributed by atoms with Crippen LogP contribution in [0.1, 0.15) is 5.56 Å². The molecule has 0 saturated carbocycles. The number of fused-ring (bicyclic) bond motifs is 1. The molecular formula is C18H15BrO4. The Bertz CT molecular complexity index is 921. The van der Waals surface area contributed by atoms with Gasteiger partial charge in [0.25, 0.3) is 0 Å². The molecule has 0 fully saturated rings. The van der Waals surface area contributed by atoms with Crippen LogP contribution in [-0.4, -0.2) is 14.2 Å². The van der Waals surface area contributed by atoms with Gasteiger partial charge in [0, 0.05) is 11.5 Å². The summed E-state index contributed by atoms with van der Waals surface area (Å²) in [6.07, 6.45) is 0. The minimum Gasteiger partial charge on any atom is -0.497 e. The molecule has 3 rings (SSSR count). The monoisotopic (exact) mass is 374 g/mol. The summed E-state index contributed by atoms with van der Waals surface area (Å²) in [7, 11) is 3.14. The van der Waals surface area contributed by atoms with Gasteiger partial charge in [-0.1, -0.05) is 0 Å². The Morgan fingerprint density at radius 2 is 1.61 bits per heavy atom. The average molecular weight is 375 g/mol. The fraction of sp³-hybridized carbons (Fsp3) is 0.167. The molecule has 5 heteroatoms. The zero-order chi connectivity index (χ0) is 16.6. The molecule has 118 valence electrons. The molecule has 3 aromatic rings. The van der Waals surface area contributed by atoms with Crippen molar-refractivity contribution in [3.05, 3.63) is 56.9 Å². The Hall–Kier alpha value is -2.27. The van der Waals surface area contributed by atoms with Crippen molar-refractivity contribution in [3.8, 4) is 22.6 Å². The second kappa shape index (κ2) is 6.08. The first-order chi connectivity index (χ1) is 11.0. The minimum absolute atomic E-state index is 0.405. The van der Waals surface area contributed by atoms with Crippen molar-refractivity contribution in [2.75, 3.05) is 14.2 Å². The second-order valence-corrected chi connectivity index (χ2v) is 6.07. The van der Waals surface area contributed by atoms with E-state index in [0.717, 1.165) is 15.4 Å². The van der Waals surface area contributed by atoms with Gasteiger partial charge in [0.15, 0.2) is 5.58 Å². The van der Waals surface area contributed by atoms with E-state index in [4.69, 9.17) is 13.9 Å². The van der Waals surface area contributed by atoms with Crippen LogP contribution >= 0.6 is 15.9 Å². The highest BCUT2D eigenvalue weighted by atomic mass is 79.9. The molecule has 0 aliphatic rings. The smallest absolute Gasteiger partial charge is 0.344 e. The Labute approximate surface area is 141 Å². The van der Waals surface area contributed by atoms with Crippen LogP contribution in [0, 0.1) is 6.92 Å². The van der Waals surface area contributed by atoms with Gasteiger partial charge in [-0.25, -0.2) is 4.79 Å². The zero-order valence-corrected chi connectivity index (χ0v) is 14.6. The molecule has 0 bridgehead atoms. The molecule has 0 saturated heterocycles. The third kappa shape index (κ3) is 2.97. The van der Waals surface area contributed by atoms with Crippen molar-refractivity contribution in [1.82, 2.24) is 0 Å². The zero-order valence-electron chi connectivity index (χ0n) is 13.0. The van der Waals surface area contributed by atoms with E-state index < -0.39 is 5.63 Å². The lowest BCUT2D eigenvalue weighted by Gasteiger charge is -2.09. The number of rotatable bonds is 3. The maximum atomic E-state index is 12.4. The minimum atomic E-state index is -0.405. The summed E-state index contributed by atoms with van der Waals surface area (Å²) in [5.74, 6) is 1.23. The van der Waals surface area contributed by atoms with Crippen LogP contribution in [0.3, 0.4) is 0 Å². The first kappa shape index (κ1) is 15.6. The molecule has 0 atom stereocenters. The van der Waals surface area contributed by atoms with E-state index in [2.05, 4.69) is 15.9 Å². The summed E-state index contributed by atoms with van der Waals surface area (Å²) < 4.78 is 16.8. The molecule has 1 aromatic heterocycles. The van der Waals surface area contributed by atoms with Crippen LogP contribution in [0.4, 0.5) is 0 Å². The van der Waals surface area contributed by atoms with E-state index >= 15 is 0 Å². The molecule has 0 radical (unpaired) electrons. The highest BCUT2D eigenvalue weighted by Crippen LogP contribution is 2.31. The summed E-state index contributed by atoms with van der Waals surface area (Å²) in [5, 5.41) is 0.855. The summed E-state index contributed by atoms with van der Waals surface area (Å²) in [6, 6.07) is 11.0. The standard InChI is InChI=1S/C18H15BrO4/c1-10-4-12-8-15(18(20)23-17(12)16(19)5-10)11-6-13(21-2)9-14(7-11)22-3/h4-9H,1-3H3. The molecule has 1 heterocycles. The van der Waals surface area contributed by atoms with Gasteiger partial charge in [0.05, 0.1) is 24.3 Å². The van der Waals surface area contributed by atoms with E-state index in [0.29, 0.717) is 28.2 Å². The Balaban J connectivity index is 2.28. The Morgan fingerprint density at radius 1 is 0.957 bits per heavy atom. The van der Waals surface area contributed by atoms with E-state index in [1.165, 1.54) is 0 Å². The summed E-state index contributed by atoms with van der Waals surface area (Å²) >= 11 is 3.44. The van der Waals surface area contributed by atoms with Crippen molar-refractivity contribution in [1.29, 1.82) is 0 Å². The van der Waals surface area contributed by atoms with Crippen LogP contribution in [0.2, 0.25) is 0 Å². The molecule has 4 nitrogen and oxygen atoms in total. The fourth-order valence-corrected chi connectivity index (χ4v) is 3.17. The predicted octanol–water partition coefficient (Wildman–Crippen LogP) is 4.55. The van der Waals surface area contributed by atoms with Gasteiger partial charge in [0.1, 0.15) is 11.5 Å². The number of methoxy groups -OCH3 is 2. The lowest BCUT2D eigenvalue weighted by molar-refractivity contribution is 0.394.